The third-order valence-electron chi connectivity index (χ3n) is 2.45. The molecule has 0 spiro atoms. The van der Waals surface area contributed by atoms with Crippen molar-refractivity contribution in [3.05, 3.63) is 23.0 Å². The van der Waals surface area contributed by atoms with Crippen LogP contribution >= 0.6 is 23.1 Å². The van der Waals surface area contributed by atoms with E-state index in [2.05, 4.69) is 25.5 Å². The van der Waals surface area contributed by atoms with Crippen LogP contribution in [-0.4, -0.2) is 41.1 Å². The van der Waals surface area contributed by atoms with Gasteiger partial charge in [0.2, 0.25) is 0 Å². The van der Waals surface area contributed by atoms with Crippen molar-refractivity contribution in [2.75, 3.05) is 0 Å². The van der Waals surface area contributed by atoms with Gasteiger partial charge in [0.1, 0.15) is 5.03 Å². The Morgan fingerprint density at radius 3 is 3.15 bits per heavy atom. The van der Waals surface area contributed by atoms with Crippen molar-refractivity contribution in [3.63, 3.8) is 0 Å². The summed E-state index contributed by atoms with van der Waals surface area (Å²) < 4.78 is 2.30. The largest absolute Gasteiger partial charge is 0.481 e. The van der Waals surface area contributed by atoms with Crippen molar-refractivity contribution < 1.29 is 9.90 Å². The smallest absolute Gasteiger partial charge is 0.308 e. The number of tetrazole rings is 1. The van der Waals surface area contributed by atoms with Gasteiger partial charge < -0.3 is 5.11 Å². The Balaban J connectivity index is 1.91. The van der Waals surface area contributed by atoms with Gasteiger partial charge >= 0.3 is 5.97 Å². The van der Waals surface area contributed by atoms with E-state index < -0.39 is 5.97 Å². The maximum absolute atomic E-state index is 10.8. The van der Waals surface area contributed by atoms with Crippen LogP contribution in [0.2, 0.25) is 0 Å². The fourth-order valence-corrected chi connectivity index (χ4v) is 3.76. The van der Waals surface area contributed by atoms with Crippen molar-refractivity contribution in [2.24, 2.45) is 0 Å². The summed E-state index contributed by atoms with van der Waals surface area (Å²) in [5, 5.41) is 20.8. The van der Waals surface area contributed by atoms with Gasteiger partial charge in [-0.15, -0.1) is 16.4 Å². The topological polar surface area (TPSA) is 106 Å². The van der Waals surface area contributed by atoms with E-state index in [1.165, 1.54) is 23.1 Å². The molecule has 3 aromatic rings. The van der Waals surface area contributed by atoms with E-state index in [4.69, 9.17) is 5.11 Å². The number of nitrogens with zero attached hydrogens (tertiary/aromatic N) is 6. The van der Waals surface area contributed by atoms with Gasteiger partial charge in [-0.25, -0.2) is 4.98 Å². The molecule has 3 rings (SSSR count). The summed E-state index contributed by atoms with van der Waals surface area (Å²) in [6, 6.07) is 0. The summed E-state index contributed by atoms with van der Waals surface area (Å²) in [5.74, 6) is -0.863. The first kappa shape index (κ1) is 12.9. The van der Waals surface area contributed by atoms with Gasteiger partial charge in [0.15, 0.2) is 9.99 Å². The molecule has 102 valence electrons. The van der Waals surface area contributed by atoms with E-state index in [0.29, 0.717) is 5.65 Å². The number of aromatic nitrogens is 6. The number of carboxylic acids is 1. The van der Waals surface area contributed by atoms with Crippen LogP contribution in [0.1, 0.15) is 10.6 Å². The van der Waals surface area contributed by atoms with Gasteiger partial charge in [-0.1, -0.05) is 0 Å². The monoisotopic (exact) mass is 308 g/mol. The summed E-state index contributed by atoms with van der Waals surface area (Å²) in [4.78, 5) is 19.9. The molecule has 0 aliphatic carbocycles. The molecular formula is C10H8N6O2S2. The zero-order valence-corrected chi connectivity index (χ0v) is 11.9. The summed E-state index contributed by atoms with van der Waals surface area (Å²) in [6.45, 7) is 1.80. The van der Waals surface area contributed by atoms with Crippen LogP contribution in [-0.2, 0) is 11.2 Å². The number of aryl methyl sites for hydroxylation is 1. The SMILES string of the molecule is Cc1nc(Sc2cncc3nnnn23)sc1CC(=O)O. The van der Waals surface area contributed by atoms with Crippen molar-refractivity contribution in [3.8, 4) is 0 Å². The van der Waals surface area contributed by atoms with Gasteiger partial charge in [0.25, 0.3) is 0 Å². The van der Waals surface area contributed by atoms with E-state index in [9.17, 15) is 4.79 Å². The number of carbonyl (C=O) groups is 1. The van der Waals surface area contributed by atoms with E-state index in [1.807, 2.05) is 0 Å². The number of fused-ring (bicyclic) bond motifs is 1. The van der Waals surface area contributed by atoms with Crippen molar-refractivity contribution in [1.29, 1.82) is 0 Å². The lowest BCUT2D eigenvalue weighted by molar-refractivity contribution is -0.136. The Hall–Kier alpha value is -2.07. The zero-order valence-electron chi connectivity index (χ0n) is 10.2. The molecule has 0 amide bonds. The number of aliphatic carboxylic acids is 1. The first-order valence-electron chi connectivity index (χ1n) is 5.51. The minimum absolute atomic E-state index is 0.0165. The van der Waals surface area contributed by atoms with Crippen molar-refractivity contribution >= 4 is 34.7 Å². The molecule has 0 aliphatic heterocycles. The van der Waals surface area contributed by atoms with Crippen LogP contribution < -0.4 is 0 Å². The second-order valence-corrected chi connectivity index (χ2v) is 6.21. The highest BCUT2D eigenvalue weighted by Gasteiger charge is 2.14. The Morgan fingerprint density at radius 2 is 2.35 bits per heavy atom. The molecular weight excluding hydrogens is 300 g/mol. The molecule has 0 radical (unpaired) electrons. The molecule has 0 unspecified atom stereocenters. The highest BCUT2D eigenvalue weighted by Crippen LogP contribution is 2.32. The molecule has 3 aromatic heterocycles. The number of hydrogen-bond donors (Lipinski definition) is 1. The van der Waals surface area contributed by atoms with Crippen LogP contribution in [0.15, 0.2) is 21.8 Å². The van der Waals surface area contributed by atoms with E-state index in [1.54, 1.807) is 23.8 Å². The number of hydrogen-bond acceptors (Lipinski definition) is 8. The van der Waals surface area contributed by atoms with E-state index in [-0.39, 0.29) is 6.42 Å². The lowest BCUT2D eigenvalue weighted by Gasteiger charge is -1.98. The third-order valence-corrected chi connectivity index (χ3v) is 4.66. The van der Waals surface area contributed by atoms with Crippen molar-refractivity contribution in [1.82, 2.24) is 30.0 Å². The average Bonchev–Trinajstić information content (AvgIpc) is 2.97. The molecule has 3 heterocycles. The number of carboxylic acid groups (broad SMARTS) is 1. The van der Waals surface area contributed by atoms with Gasteiger partial charge in [0.05, 0.1) is 24.5 Å². The average molecular weight is 308 g/mol. The number of thiazole rings is 1. The first-order valence-corrected chi connectivity index (χ1v) is 7.15. The molecule has 0 fully saturated rings. The maximum atomic E-state index is 10.8. The summed E-state index contributed by atoms with van der Waals surface area (Å²) >= 11 is 2.71. The molecule has 0 saturated heterocycles. The summed E-state index contributed by atoms with van der Waals surface area (Å²) in [7, 11) is 0. The number of rotatable bonds is 4. The van der Waals surface area contributed by atoms with Gasteiger partial charge in [-0.2, -0.15) is 4.52 Å². The fourth-order valence-electron chi connectivity index (χ4n) is 1.56. The molecule has 1 N–H and O–H groups in total. The lowest BCUT2D eigenvalue weighted by Crippen LogP contribution is -1.99. The minimum atomic E-state index is -0.863. The normalized spacial score (nSPS) is 11.1. The lowest BCUT2D eigenvalue weighted by atomic mass is 10.3. The zero-order chi connectivity index (χ0) is 14.1. The van der Waals surface area contributed by atoms with E-state index in [0.717, 1.165) is 19.9 Å². The van der Waals surface area contributed by atoms with Crippen LogP contribution in [0.3, 0.4) is 0 Å². The Bertz CT molecular complexity index is 783. The van der Waals surface area contributed by atoms with Crippen LogP contribution in [0.4, 0.5) is 0 Å². The second-order valence-electron chi connectivity index (χ2n) is 3.86. The highest BCUT2D eigenvalue weighted by atomic mass is 32.2. The molecule has 0 saturated carbocycles. The quantitative estimate of drug-likeness (QED) is 0.762. The minimum Gasteiger partial charge on any atom is -0.481 e. The molecule has 8 nitrogen and oxygen atoms in total. The van der Waals surface area contributed by atoms with Crippen molar-refractivity contribution in [2.45, 2.75) is 22.7 Å². The van der Waals surface area contributed by atoms with Gasteiger partial charge in [0, 0.05) is 4.88 Å². The highest BCUT2D eigenvalue weighted by molar-refractivity contribution is 8.01. The van der Waals surface area contributed by atoms with E-state index >= 15 is 0 Å². The summed E-state index contributed by atoms with van der Waals surface area (Å²) in [5.41, 5.74) is 1.28. The van der Waals surface area contributed by atoms with Crippen LogP contribution in [0, 0.1) is 6.92 Å². The molecule has 10 heteroatoms. The first-order chi connectivity index (χ1) is 9.63. The maximum Gasteiger partial charge on any atom is 0.308 e. The molecule has 0 bridgehead atoms. The van der Waals surface area contributed by atoms with Gasteiger partial charge in [-0.05, 0) is 29.1 Å². The molecule has 0 aromatic carbocycles. The standard InChI is InChI=1S/C10H8N6O2S2/c1-5-6(2-9(17)18)19-10(12-5)20-8-4-11-3-7-13-14-15-16(7)8/h3-4H,2H2,1H3,(H,17,18). The Kier molecular flexibility index (Phi) is 3.32. The van der Waals surface area contributed by atoms with Crippen LogP contribution in [0.5, 0.6) is 0 Å². The third kappa shape index (κ3) is 2.47. The molecule has 0 atom stereocenters. The van der Waals surface area contributed by atoms with Crippen LogP contribution in [0.25, 0.3) is 5.65 Å². The fraction of sp³-hybridized carbons (Fsp3) is 0.200. The molecule has 20 heavy (non-hydrogen) atoms. The second kappa shape index (κ2) is 5.13. The predicted octanol–water partition coefficient (Wildman–Crippen LogP) is 1.06. The summed E-state index contributed by atoms with van der Waals surface area (Å²) in [6.07, 6.45) is 3.19. The Morgan fingerprint density at radius 1 is 1.50 bits per heavy atom. The molecule has 0 aliphatic rings. The van der Waals surface area contributed by atoms with Gasteiger partial charge in [-0.3, -0.25) is 9.78 Å². The predicted molar refractivity (Wildman–Crippen MR) is 70.9 cm³/mol. The Labute approximate surface area is 120 Å².